The molecule has 1 saturated heterocycles. The van der Waals surface area contributed by atoms with Gasteiger partial charge in [-0.05, 0) is 62.1 Å². The second-order valence-electron chi connectivity index (χ2n) is 7.68. The van der Waals surface area contributed by atoms with E-state index in [9.17, 15) is 4.79 Å². The molecule has 1 aliphatic heterocycles. The Morgan fingerprint density at radius 3 is 2.90 bits per heavy atom. The van der Waals surface area contributed by atoms with Crippen molar-refractivity contribution >= 4 is 49.7 Å². The van der Waals surface area contributed by atoms with Crippen LogP contribution in [0.5, 0.6) is 0 Å². The minimum atomic E-state index is 0.279. The van der Waals surface area contributed by atoms with Crippen LogP contribution in [0.3, 0.4) is 0 Å². The minimum absolute atomic E-state index is 0.279. The summed E-state index contributed by atoms with van der Waals surface area (Å²) < 4.78 is 0. The van der Waals surface area contributed by atoms with Crippen molar-refractivity contribution in [1.82, 2.24) is 14.9 Å². The number of carbonyl (C=O) groups excluding carboxylic acids is 1. The van der Waals surface area contributed by atoms with Gasteiger partial charge < -0.3 is 15.2 Å². The van der Waals surface area contributed by atoms with Gasteiger partial charge in [0, 0.05) is 58.8 Å². The molecule has 0 spiro atoms. The highest BCUT2D eigenvalue weighted by molar-refractivity contribution is 7.18. The van der Waals surface area contributed by atoms with Gasteiger partial charge in [0.1, 0.15) is 4.83 Å². The average molecular weight is 405 g/mol. The monoisotopic (exact) mass is 404 g/mol. The first-order valence-corrected chi connectivity index (χ1v) is 11.0. The number of rotatable bonds is 5. The Hall–Kier alpha value is -2.86. The number of aromatic nitrogens is 2. The lowest BCUT2D eigenvalue weighted by Gasteiger charge is -2.14. The maximum Gasteiger partial charge on any atom is 0.222 e. The quantitative estimate of drug-likeness (QED) is 0.469. The maximum atomic E-state index is 12.4. The van der Waals surface area contributed by atoms with Crippen molar-refractivity contribution in [3.8, 4) is 0 Å². The Morgan fingerprint density at radius 2 is 2.03 bits per heavy atom. The number of anilines is 2. The molecule has 4 heterocycles. The summed E-state index contributed by atoms with van der Waals surface area (Å²) in [5, 5.41) is 5.95. The predicted molar refractivity (Wildman–Crippen MR) is 120 cm³/mol. The summed E-state index contributed by atoms with van der Waals surface area (Å²) in [6.07, 6.45) is 7.47. The smallest absolute Gasteiger partial charge is 0.222 e. The molecule has 0 atom stereocenters. The molecule has 5 rings (SSSR count). The molecule has 1 fully saturated rings. The fourth-order valence-corrected chi connectivity index (χ4v) is 5.16. The Labute approximate surface area is 173 Å². The standard InChI is InChI=1S/C23H24N4OS/c1-15-17-8-10-24-20(17)6-5-19(15)26-21-9-11-25-23-18(21)14-16(29-23)4-7-22(28)27-12-2-3-13-27/h5-6,8-11,14,24H,2-4,7,12-13H2,1H3,(H,25,26). The van der Waals surface area contributed by atoms with Crippen molar-refractivity contribution in [1.29, 1.82) is 0 Å². The van der Waals surface area contributed by atoms with Crippen molar-refractivity contribution < 1.29 is 4.79 Å². The van der Waals surface area contributed by atoms with E-state index in [-0.39, 0.29) is 5.91 Å². The Morgan fingerprint density at radius 1 is 1.17 bits per heavy atom. The molecule has 0 unspecified atom stereocenters. The molecule has 3 aromatic heterocycles. The second kappa shape index (κ2) is 7.52. The van der Waals surface area contributed by atoms with E-state index in [2.05, 4.69) is 46.5 Å². The number of aromatic amines is 1. The zero-order chi connectivity index (χ0) is 19.8. The molecule has 1 aliphatic rings. The van der Waals surface area contributed by atoms with Crippen molar-refractivity contribution in [3.63, 3.8) is 0 Å². The topological polar surface area (TPSA) is 61.0 Å². The molecule has 1 amide bonds. The van der Waals surface area contributed by atoms with Crippen molar-refractivity contribution in [3.05, 3.63) is 53.2 Å². The van der Waals surface area contributed by atoms with Crippen LogP contribution in [-0.4, -0.2) is 33.9 Å². The van der Waals surface area contributed by atoms with Gasteiger partial charge in [-0.3, -0.25) is 4.79 Å². The molecule has 148 valence electrons. The highest BCUT2D eigenvalue weighted by Crippen LogP contribution is 2.34. The van der Waals surface area contributed by atoms with Gasteiger partial charge in [-0.1, -0.05) is 0 Å². The van der Waals surface area contributed by atoms with Crippen molar-refractivity contribution in [2.45, 2.75) is 32.6 Å². The van der Waals surface area contributed by atoms with E-state index < -0.39 is 0 Å². The second-order valence-corrected chi connectivity index (χ2v) is 8.80. The van der Waals surface area contributed by atoms with Crippen molar-refractivity contribution in [2.75, 3.05) is 18.4 Å². The van der Waals surface area contributed by atoms with Crippen LogP contribution >= 0.6 is 11.3 Å². The molecular formula is C23H24N4OS. The molecular weight excluding hydrogens is 380 g/mol. The lowest BCUT2D eigenvalue weighted by atomic mass is 10.1. The van der Waals surface area contributed by atoms with Gasteiger partial charge in [-0.15, -0.1) is 11.3 Å². The number of aryl methyl sites for hydroxylation is 2. The number of H-pyrrole nitrogens is 1. The summed E-state index contributed by atoms with van der Waals surface area (Å²) in [7, 11) is 0. The number of benzene rings is 1. The van der Waals surface area contributed by atoms with E-state index in [1.54, 1.807) is 11.3 Å². The zero-order valence-corrected chi connectivity index (χ0v) is 17.3. The number of fused-ring (bicyclic) bond motifs is 2. The molecule has 5 nitrogen and oxygen atoms in total. The van der Waals surface area contributed by atoms with E-state index in [4.69, 9.17) is 0 Å². The molecule has 2 N–H and O–H groups in total. The van der Waals surface area contributed by atoms with Crippen LogP contribution in [0.25, 0.3) is 21.1 Å². The lowest BCUT2D eigenvalue weighted by Crippen LogP contribution is -2.27. The first-order valence-electron chi connectivity index (χ1n) is 10.2. The summed E-state index contributed by atoms with van der Waals surface area (Å²) in [6.45, 7) is 3.98. The zero-order valence-electron chi connectivity index (χ0n) is 16.5. The molecule has 1 aromatic carbocycles. The van der Waals surface area contributed by atoms with E-state index in [1.807, 2.05) is 23.4 Å². The Kier molecular flexibility index (Phi) is 4.72. The molecule has 0 bridgehead atoms. The van der Waals surface area contributed by atoms with E-state index >= 15 is 0 Å². The average Bonchev–Trinajstić information content (AvgIpc) is 3.48. The first kappa shape index (κ1) is 18.2. The van der Waals surface area contributed by atoms with Gasteiger partial charge in [0.15, 0.2) is 0 Å². The van der Waals surface area contributed by atoms with E-state index in [1.165, 1.54) is 15.8 Å². The van der Waals surface area contributed by atoms with Crippen LogP contribution in [0.15, 0.2) is 42.7 Å². The van der Waals surface area contributed by atoms with Crippen LogP contribution in [0, 0.1) is 6.92 Å². The van der Waals surface area contributed by atoms with Crippen LogP contribution < -0.4 is 5.32 Å². The van der Waals surface area contributed by atoms with E-state index in [0.29, 0.717) is 6.42 Å². The highest BCUT2D eigenvalue weighted by atomic mass is 32.1. The third kappa shape index (κ3) is 3.49. The molecule has 29 heavy (non-hydrogen) atoms. The highest BCUT2D eigenvalue weighted by Gasteiger charge is 2.18. The van der Waals surface area contributed by atoms with Crippen LogP contribution in [0.2, 0.25) is 0 Å². The largest absolute Gasteiger partial charge is 0.361 e. The van der Waals surface area contributed by atoms with Crippen LogP contribution in [0.4, 0.5) is 11.4 Å². The fraction of sp³-hybridized carbons (Fsp3) is 0.304. The number of pyridine rings is 1. The summed E-state index contributed by atoms with van der Waals surface area (Å²) in [5.41, 5.74) is 4.52. The first-order chi connectivity index (χ1) is 14.2. The summed E-state index contributed by atoms with van der Waals surface area (Å²) in [4.78, 5) is 24.4. The fourth-order valence-electron chi connectivity index (χ4n) is 4.14. The number of hydrogen-bond acceptors (Lipinski definition) is 4. The molecule has 0 saturated carbocycles. The number of carbonyl (C=O) groups is 1. The minimum Gasteiger partial charge on any atom is -0.361 e. The number of likely N-dealkylation sites (tertiary alicyclic amines) is 1. The van der Waals surface area contributed by atoms with Crippen LogP contribution in [-0.2, 0) is 11.2 Å². The number of amides is 1. The normalized spacial score (nSPS) is 14.2. The Bertz CT molecular complexity index is 1190. The third-order valence-corrected chi connectivity index (χ3v) is 6.91. The molecule has 0 aliphatic carbocycles. The lowest BCUT2D eigenvalue weighted by molar-refractivity contribution is -0.130. The molecule has 0 radical (unpaired) electrons. The molecule has 4 aromatic rings. The summed E-state index contributed by atoms with van der Waals surface area (Å²) in [5.74, 6) is 0.279. The van der Waals surface area contributed by atoms with Gasteiger partial charge in [-0.2, -0.15) is 0 Å². The van der Waals surface area contributed by atoms with Gasteiger partial charge in [0.05, 0.1) is 5.69 Å². The summed E-state index contributed by atoms with van der Waals surface area (Å²) >= 11 is 1.69. The maximum absolute atomic E-state index is 12.4. The van der Waals surface area contributed by atoms with Gasteiger partial charge in [0.25, 0.3) is 0 Å². The SMILES string of the molecule is Cc1c(Nc2ccnc3sc(CCC(=O)N4CCCC4)cc23)ccc2[nH]ccc12. The predicted octanol–water partition coefficient (Wildman–Crippen LogP) is 5.38. The third-order valence-electron chi connectivity index (χ3n) is 5.80. The summed E-state index contributed by atoms with van der Waals surface area (Å²) in [6, 6.07) is 10.5. The van der Waals surface area contributed by atoms with Crippen LogP contribution in [0.1, 0.15) is 29.7 Å². The van der Waals surface area contributed by atoms with Gasteiger partial charge in [0.2, 0.25) is 5.91 Å². The molecule has 6 heteroatoms. The van der Waals surface area contributed by atoms with Crippen molar-refractivity contribution in [2.24, 2.45) is 0 Å². The number of hydrogen-bond donors (Lipinski definition) is 2. The van der Waals surface area contributed by atoms with Gasteiger partial charge >= 0.3 is 0 Å². The van der Waals surface area contributed by atoms with Gasteiger partial charge in [-0.25, -0.2) is 4.98 Å². The number of thiophene rings is 1. The number of nitrogens with one attached hydrogen (secondary N) is 2. The number of nitrogens with zero attached hydrogens (tertiary/aromatic N) is 2. The Balaban J connectivity index is 1.38. The van der Waals surface area contributed by atoms with E-state index in [0.717, 1.165) is 59.5 Å².